The Morgan fingerprint density at radius 2 is 2.09 bits per heavy atom. The molecule has 2 nitrogen and oxygen atoms in total. The molecule has 66 valence electrons. The van der Waals surface area contributed by atoms with Crippen LogP contribution >= 0.6 is 0 Å². The Bertz CT molecular complexity index is 229. The number of hydrogen-bond acceptors (Lipinski definition) is 2. The van der Waals surface area contributed by atoms with Crippen molar-refractivity contribution in [3.05, 3.63) is 11.2 Å². The molecule has 0 saturated heterocycles. The molecule has 0 amide bonds. The molecule has 0 rings (SSSR count). The molecule has 0 heterocycles. The van der Waals surface area contributed by atoms with Crippen molar-refractivity contribution in [2.24, 2.45) is 0 Å². The summed E-state index contributed by atoms with van der Waals surface area (Å²) in [7, 11) is -3.59. The van der Waals surface area contributed by atoms with E-state index >= 15 is 0 Å². The molecule has 0 radical (unpaired) electrons. The van der Waals surface area contributed by atoms with Gasteiger partial charge in [-0.05, 0) is 18.9 Å². The van der Waals surface area contributed by atoms with Gasteiger partial charge in [-0.2, -0.15) is 4.39 Å². The Labute approximate surface area is 67.0 Å². The monoisotopic (exact) mass is 180 g/mol. The van der Waals surface area contributed by atoms with Crippen molar-refractivity contribution in [1.82, 2.24) is 0 Å². The Morgan fingerprint density at radius 1 is 1.55 bits per heavy atom. The molecule has 0 saturated carbocycles. The van der Waals surface area contributed by atoms with E-state index in [0.717, 1.165) is 25.2 Å². The Morgan fingerprint density at radius 3 is 2.45 bits per heavy atom. The number of sulfone groups is 1. The van der Waals surface area contributed by atoms with Crippen molar-refractivity contribution in [2.45, 2.75) is 26.2 Å². The summed E-state index contributed by atoms with van der Waals surface area (Å²) in [5.74, 6) is 0. The quantitative estimate of drug-likeness (QED) is 0.620. The van der Waals surface area contributed by atoms with Crippen LogP contribution in [0, 0.1) is 0 Å². The highest BCUT2D eigenvalue weighted by Crippen LogP contribution is 2.08. The van der Waals surface area contributed by atoms with Crippen molar-refractivity contribution in [3.8, 4) is 0 Å². The highest BCUT2D eigenvalue weighted by Gasteiger charge is 2.07. The third-order valence-corrected chi connectivity index (χ3v) is 2.09. The van der Waals surface area contributed by atoms with Crippen LogP contribution in [-0.4, -0.2) is 14.7 Å². The third kappa shape index (κ3) is 4.95. The van der Waals surface area contributed by atoms with Crippen LogP contribution < -0.4 is 0 Å². The lowest BCUT2D eigenvalue weighted by molar-refractivity contribution is 0.580. The van der Waals surface area contributed by atoms with Gasteiger partial charge in [-0.25, -0.2) is 8.42 Å². The van der Waals surface area contributed by atoms with Gasteiger partial charge in [0.15, 0.2) is 0 Å². The van der Waals surface area contributed by atoms with Gasteiger partial charge in [0.1, 0.15) is 0 Å². The van der Waals surface area contributed by atoms with Crippen molar-refractivity contribution in [3.63, 3.8) is 0 Å². The zero-order valence-electron chi connectivity index (χ0n) is 6.80. The molecule has 0 bridgehead atoms. The molecule has 0 spiro atoms. The molecule has 0 aromatic carbocycles. The average Bonchev–Trinajstić information content (AvgIpc) is 1.86. The van der Waals surface area contributed by atoms with Crippen molar-refractivity contribution in [1.29, 1.82) is 0 Å². The van der Waals surface area contributed by atoms with Gasteiger partial charge in [0.25, 0.3) is 0 Å². The van der Waals surface area contributed by atoms with Crippen molar-refractivity contribution in [2.75, 3.05) is 6.26 Å². The molecule has 0 aromatic rings. The first kappa shape index (κ1) is 10.6. The van der Waals surface area contributed by atoms with Gasteiger partial charge < -0.3 is 0 Å². The van der Waals surface area contributed by atoms with E-state index in [-0.39, 0.29) is 0 Å². The van der Waals surface area contributed by atoms with Crippen LogP contribution in [0.1, 0.15) is 26.2 Å². The van der Waals surface area contributed by atoms with Crippen LogP contribution in [0.15, 0.2) is 11.2 Å². The second kappa shape index (κ2) is 4.49. The maximum atomic E-state index is 12.5. The van der Waals surface area contributed by atoms with E-state index in [0.29, 0.717) is 6.42 Å². The van der Waals surface area contributed by atoms with Gasteiger partial charge in [-0.1, -0.05) is 13.3 Å². The summed E-state index contributed by atoms with van der Waals surface area (Å²) in [5, 5.41) is -1.01. The molecular formula is C7H13FO2S. The van der Waals surface area contributed by atoms with Crippen LogP contribution in [-0.2, 0) is 9.84 Å². The number of hydrogen-bond donors (Lipinski definition) is 0. The number of halogens is 1. The lowest BCUT2D eigenvalue weighted by Crippen LogP contribution is -1.95. The lowest BCUT2D eigenvalue weighted by Gasteiger charge is -1.92. The minimum atomic E-state index is -3.59. The summed E-state index contributed by atoms with van der Waals surface area (Å²) in [6.07, 6.45) is 4.25. The molecule has 0 aliphatic rings. The Kier molecular flexibility index (Phi) is 4.33. The van der Waals surface area contributed by atoms with Crippen molar-refractivity contribution < 1.29 is 12.8 Å². The fraction of sp³-hybridized carbons (Fsp3) is 0.714. The van der Waals surface area contributed by atoms with Crippen LogP contribution in [0.4, 0.5) is 4.39 Å². The normalized spacial score (nSPS) is 13.5. The van der Waals surface area contributed by atoms with Gasteiger partial charge in [-0.3, -0.25) is 0 Å². The van der Waals surface area contributed by atoms with E-state index in [9.17, 15) is 12.8 Å². The first-order chi connectivity index (χ1) is 4.98. The van der Waals surface area contributed by atoms with Crippen LogP contribution in [0.25, 0.3) is 0 Å². The summed E-state index contributed by atoms with van der Waals surface area (Å²) in [5.41, 5.74) is 0. The second-order valence-corrected chi connectivity index (χ2v) is 4.36. The highest BCUT2D eigenvalue weighted by atomic mass is 32.2. The average molecular weight is 180 g/mol. The molecule has 0 aliphatic heterocycles. The fourth-order valence-corrected chi connectivity index (χ4v) is 0.992. The lowest BCUT2D eigenvalue weighted by atomic mass is 10.2. The number of rotatable bonds is 4. The predicted octanol–water partition coefficient (Wildman–Crippen LogP) is 2.03. The Hall–Kier alpha value is -0.380. The van der Waals surface area contributed by atoms with Gasteiger partial charge >= 0.3 is 0 Å². The van der Waals surface area contributed by atoms with E-state index in [2.05, 4.69) is 0 Å². The fourth-order valence-electron chi connectivity index (χ4n) is 0.571. The minimum absolute atomic E-state index is 0.495. The summed E-state index contributed by atoms with van der Waals surface area (Å²) in [6.45, 7) is 1.96. The van der Waals surface area contributed by atoms with Gasteiger partial charge in [0.2, 0.25) is 15.0 Å². The van der Waals surface area contributed by atoms with E-state index in [1.54, 1.807) is 0 Å². The largest absolute Gasteiger partial charge is 0.222 e. The smallest absolute Gasteiger partial charge is 0.210 e. The molecule has 11 heavy (non-hydrogen) atoms. The highest BCUT2D eigenvalue weighted by molar-refractivity contribution is 7.94. The Balaban J connectivity index is 4.03. The first-order valence-corrected chi connectivity index (χ1v) is 5.43. The molecule has 0 aliphatic carbocycles. The van der Waals surface area contributed by atoms with Crippen LogP contribution in [0.3, 0.4) is 0 Å². The van der Waals surface area contributed by atoms with E-state index < -0.39 is 15.0 Å². The van der Waals surface area contributed by atoms with E-state index in [1.165, 1.54) is 0 Å². The molecule has 0 aromatic heterocycles. The second-order valence-electron chi connectivity index (χ2n) is 2.42. The van der Waals surface area contributed by atoms with Gasteiger partial charge in [-0.15, -0.1) is 0 Å². The molecule has 0 N–H and O–H groups in total. The molecule has 0 atom stereocenters. The van der Waals surface area contributed by atoms with Crippen LogP contribution in [0.5, 0.6) is 0 Å². The van der Waals surface area contributed by atoms with E-state index in [1.807, 2.05) is 6.92 Å². The number of allylic oxidation sites excluding steroid dienone is 1. The summed E-state index contributed by atoms with van der Waals surface area (Å²) in [6, 6.07) is 0. The summed E-state index contributed by atoms with van der Waals surface area (Å²) < 4.78 is 33.5. The number of unbranched alkanes of at least 4 members (excludes halogenated alkanes) is 2. The predicted molar refractivity (Wildman–Crippen MR) is 43.6 cm³/mol. The molecule has 4 heteroatoms. The minimum Gasteiger partial charge on any atom is -0.222 e. The van der Waals surface area contributed by atoms with E-state index in [4.69, 9.17) is 0 Å². The summed E-state index contributed by atoms with van der Waals surface area (Å²) >= 11 is 0. The zero-order chi connectivity index (χ0) is 8.91. The standard InChI is InChI=1S/C7H13FO2S/c1-3-4-5-6-7(8)11(2,9)10/h6H,3-5H2,1-2H3/b7-6-. The van der Waals surface area contributed by atoms with Gasteiger partial charge in [0, 0.05) is 6.26 Å². The van der Waals surface area contributed by atoms with Gasteiger partial charge in [0.05, 0.1) is 0 Å². The third-order valence-electron chi connectivity index (χ3n) is 1.22. The SMILES string of the molecule is CCCC/C=C(/F)S(C)(=O)=O. The first-order valence-electron chi connectivity index (χ1n) is 3.54. The molecular weight excluding hydrogens is 167 g/mol. The topological polar surface area (TPSA) is 34.1 Å². The molecule has 0 fully saturated rings. The van der Waals surface area contributed by atoms with Crippen molar-refractivity contribution >= 4 is 9.84 Å². The van der Waals surface area contributed by atoms with Crippen LogP contribution in [0.2, 0.25) is 0 Å². The maximum absolute atomic E-state index is 12.5. The molecule has 0 unspecified atom stereocenters. The maximum Gasteiger partial charge on any atom is 0.210 e. The zero-order valence-corrected chi connectivity index (χ0v) is 7.62. The summed E-state index contributed by atoms with van der Waals surface area (Å²) in [4.78, 5) is 0.